The Balaban J connectivity index is 1.01. The lowest BCUT2D eigenvalue weighted by molar-refractivity contribution is -0.248. The lowest BCUT2D eigenvalue weighted by atomic mass is 9.41. The largest absolute Gasteiger partial charge is 0.390 e. The van der Waals surface area contributed by atoms with Crippen LogP contribution in [0.5, 0.6) is 0 Å². The van der Waals surface area contributed by atoms with E-state index in [4.69, 9.17) is 14.2 Å². The topological polar surface area (TPSA) is 121 Å². The Morgan fingerprint density at radius 1 is 1.04 bits per heavy atom. The van der Waals surface area contributed by atoms with E-state index in [0.29, 0.717) is 43.9 Å². The number of ether oxygens (including phenoxy) is 3. The van der Waals surface area contributed by atoms with Crippen molar-refractivity contribution in [3.05, 3.63) is 0 Å². The second kappa shape index (κ2) is 10.6. The van der Waals surface area contributed by atoms with Gasteiger partial charge in [-0.1, -0.05) is 34.6 Å². The zero-order valence-electron chi connectivity index (χ0n) is 30.0. The Bertz CT molecular complexity index is 1270. The molecule has 8 aliphatic rings. The van der Waals surface area contributed by atoms with E-state index in [1.165, 1.54) is 12.8 Å². The second-order valence-electron chi connectivity index (χ2n) is 19.2. The van der Waals surface area contributed by atoms with E-state index < -0.39 is 23.9 Å². The Morgan fingerprint density at radius 3 is 2.43 bits per heavy atom. The van der Waals surface area contributed by atoms with Crippen molar-refractivity contribution < 1.29 is 34.3 Å². The first-order valence-electron chi connectivity index (χ1n) is 19.0. The van der Waals surface area contributed by atoms with Gasteiger partial charge in [-0.2, -0.15) is 0 Å². The zero-order chi connectivity index (χ0) is 33.5. The van der Waals surface area contributed by atoms with Gasteiger partial charge in [0.2, 0.25) is 5.91 Å². The normalized spacial score (nSPS) is 52.6. The summed E-state index contributed by atoms with van der Waals surface area (Å²) in [5.41, 5.74) is -1.04. The molecule has 9 heteroatoms. The van der Waals surface area contributed by atoms with Crippen molar-refractivity contribution in [2.24, 2.45) is 56.7 Å². The molecule has 266 valence electrons. The first kappa shape index (κ1) is 33.3. The average molecular weight is 659 g/mol. The number of rotatable bonds is 5. The van der Waals surface area contributed by atoms with E-state index in [2.05, 4.69) is 39.9 Å². The van der Waals surface area contributed by atoms with Gasteiger partial charge in [-0.05, 0) is 111 Å². The van der Waals surface area contributed by atoms with E-state index in [1.807, 2.05) is 4.90 Å². The van der Waals surface area contributed by atoms with Crippen LogP contribution >= 0.6 is 0 Å². The molecule has 0 bridgehead atoms. The fraction of sp³-hybridized carbons (Fsp3) is 0.974. The van der Waals surface area contributed by atoms with E-state index in [0.717, 1.165) is 45.2 Å². The van der Waals surface area contributed by atoms with Crippen molar-refractivity contribution >= 4 is 5.91 Å². The number of carbonyl (C=O) groups is 1. The molecule has 0 radical (unpaired) electrons. The van der Waals surface area contributed by atoms with Crippen LogP contribution in [0.3, 0.4) is 0 Å². The van der Waals surface area contributed by atoms with Crippen molar-refractivity contribution in [2.45, 2.75) is 142 Å². The van der Waals surface area contributed by atoms with Gasteiger partial charge >= 0.3 is 0 Å². The van der Waals surface area contributed by atoms with Crippen LogP contribution in [0.2, 0.25) is 0 Å². The number of aliphatic hydroxyl groups excluding tert-OH is 2. The van der Waals surface area contributed by atoms with Crippen molar-refractivity contribution in [3.63, 3.8) is 0 Å². The molecular formula is C38H62N2O7. The van der Waals surface area contributed by atoms with Crippen LogP contribution in [0.1, 0.15) is 99.8 Å². The molecule has 5 saturated carbocycles. The molecule has 9 nitrogen and oxygen atoms in total. The summed E-state index contributed by atoms with van der Waals surface area (Å²) in [5.74, 6) is 1.85. The maximum absolute atomic E-state index is 13.0. The van der Waals surface area contributed by atoms with Crippen molar-refractivity contribution in [1.29, 1.82) is 0 Å². The smallest absolute Gasteiger partial charge is 0.228 e. The van der Waals surface area contributed by atoms with Crippen LogP contribution in [0.25, 0.3) is 0 Å². The quantitative estimate of drug-likeness (QED) is 0.353. The molecule has 0 aromatic heterocycles. The average Bonchev–Trinajstić information content (AvgIpc) is 3.61. The number of fused-ring (bicyclic) bond motifs is 4. The molecule has 4 N–H and O–H groups in total. The monoisotopic (exact) mass is 658 g/mol. The summed E-state index contributed by atoms with van der Waals surface area (Å²) in [6.45, 7) is 18.5. The standard InChI is InChI=1S/C38H62N2O7/c1-21-16-23(30(41)34(4,5)44)46-29-28(21)35(6)12-13-38-20-37(38)11-10-26(33(2,3)24(37)8-9-25(38)36(35,7)31(29)42)47-27-19-40(14-15-45-27)32(43)22-17-39-18-22/h21-31,39,41-42,44H,8-20H2,1-7H3/t21-,23-,24+,25+,26?,27?,28?,29+,30+,31+,35-,36-,37?,38+/m1/s1. The van der Waals surface area contributed by atoms with Gasteiger partial charge in [0.25, 0.3) is 0 Å². The number of nitrogens with zero attached hydrogens (tertiary/aromatic N) is 1. The molecular weight excluding hydrogens is 596 g/mol. The Kier molecular flexibility index (Phi) is 7.53. The summed E-state index contributed by atoms with van der Waals surface area (Å²) >= 11 is 0. The molecule has 3 saturated heterocycles. The first-order valence-corrected chi connectivity index (χ1v) is 19.0. The molecule has 8 fully saturated rings. The minimum Gasteiger partial charge on any atom is -0.390 e. The fourth-order valence-corrected chi connectivity index (χ4v) is 14.0. The van der Waals surface area contributed by atoms with Gasteiger partial charge in [-0.15, -0.1) is 0 Å². The molecule has 0 aromatic carbocycles. The van der Waals surface area contributed by atoms with E-state index in [-0.39, 0.29) is 63.3 Å². The third-order valence-corrected chi connectivity index (χ3v) is 16.6. The second-order valence-corrected chi connectivity index (χ2v) is 19.2. The number of hydrogen-bond acceptors (Lipinski definition) is 8. The highest BCUT2D eigenvalue weighted by Gasteiger charge is 2.84. The molecule has 0 aromatic rings. The molecule has 2 spiro atoms. The summed E-state index contributed by atoms with van der Waals surface area (Å²) in [5, 5.41) is 37.3. The number of hydrogen-bond donors (Lipinski definition) is 4. The molecule has 3 aliphatic heterocycles. The fourth-order valence-electron chi connectivity index (χ4n) is 14.0. The maximum atomic E-state index is 13.0. The third-order valence-electron chi connectivity index (χ3n) is 16.6. The highest BCUT2D eigenvalue weighted by atomic mass is 16.7. The first-order chi connectivity index (χ1) is 22.0. The predicted octanol–water partition coefficient (Wildman–Crippen LogP) is 3.72. The summed E-state index contributed by atoms with van der Waals surface area (Å²) in [6, 6.07) is 0. The number of aliphatic hydroxyl groups is 3. The van der Waals surface area contributed by atoms with E-state index >= 15 is 0 Å². The predicted molar refractivity (Wildman–Crippen MR) is 176 cm³/mol. The third kappa shape index (κ3) is 4.35. The molecule has 4 unspecified atom stereocenters. The van der Waals surface area contributed by atoms with Gasteiger partial charge in [-0.25, -0.2) is 0 Å². The van der Waals surface area contributed by atoms with Crippen LogP contribution in [-0.2, 0) is 19.0 Å². The summed E-state index contributed by atoms with van der Waals surface area (Å²) in [7, 11) is 0. The Hall–Kier alpha value is -0.810. The Labute approximate surface area is 281 Å². The molecule has 3 heterocycles. The number of morpholine rings is 1. The lowest BCUT2D eigenvalue weighted by Crippen LogP contribution is -2.60. The van der Waals surface area contributed by atoms with Crippen LogP contribution < -0.4 is 5.32 Å². The van der Waals surface area contributed by atoms with Gasteiger partial charge in [0.05, 0.1) is 49.1 Å². The number of carbonyl (C=O) groups excluding carboxylic acids is 1. The van der Waals surface area contributed by atoms with Gasteiger partial charge in [-0.3, -0.25) is 4.79 Å². The highest BCUT2D eigenvalue weighted by Crippen LogP contribution is 2.89. The lowest BCUT2D eigenvalue weighted by Gasteiger charge is -2.64. The molecule has 8 rings (SSSR count). The van der Waals surface area contributed by atoms with E-state index in [9.17, 15) is 20.1 Å². The Morgan fingerprint density at radius 2 is 1.74 bits per heavy atom. The zero-order valence-corrected chi connectivity index (χ0v) is 30.0. The maximum Gasteiger partial charge on any atom is 0.228 e. The molecule has 14 atom stereocenters. The summed E-state index contributed by atoms with van der Waals surface area (Å²) < 4.78 is 19.6. The van der Waals surface area contributed by atoms with Gasteiger partial charge in [0, 0.05) is 25.0 Å². The van der Waals surface area contributed by atoms with Gasteiger partial charge in [0.15, 0.2) is 6.29 Å². The molecule has 5 aliphatic carbocycles. The van der Waals surface area contributed by atoms with Gasteiger partial charge in [0.1, 0.15) is 6.10 Å². The van der Waals surface area contributed by atoms with Crippen molar-refractivity contribution in [3.8, 4) is 0 Å². The van der Waals surface area contributed by atoms with Crippen molar-refractivity contribution in [1.82, 2.24) is 10.2 Å². The van der Waals surface area contributed by atoms with Gasteiger partial charge < -0.3 is 39.7 Å². The number of nitrogens with one attached hydrogen (secondary N) is 1. The SMILES string of the molecule is C[C@@H]1C[C@H]([C@H](O)C(C)(C)O)O[C@H]2C1[C@@]1(C)CC[C@@]34CC35CCC(OC3CN(C(=O)C6CNC6)CCO3)C(C)(C)[C@@H]5CC[C@H]4[C@]1(C)[C@H]2O. The molecule has 47 heavy (non-hydrogen) atoms. The molecule has 1 amide bonds. The summed E-state index contributed by atoms with van der Waals surface area (Å²) in [4.78, 5) is 14.9. The van der Waals surface area contributed by atoms with Crippen LogP contribution in [0, 0.1) is 56.7 Å². The van der Waals surface area contributed by atoms with Crippen LogP contribution in [0.4, 0.5) is 0 Å². The highest BCUT2D eigenvalue weighted by molar-refractivity contribution is 5.80. The minimum atomic E-state index is -1.26. The van der Waals surface area contributed by atoms with Crippen molar-refractivity contribution in [2.75, 3.05) is 32.8 Å². The van der Waals surface area contributed by atoms with E-state index in [1.54, 1.807) is 13.8 Å². The minimum absolute atomic E-state index is 0.0116. The van der Waals surface area contributed by atoms with Crippen LogP contribution in [0.15, 0.2) is 0 Å². The summed E-state index contributed by atoms with van der Waals surface area (Å²) in [6.07, 6.45) is 6.08. The number of amides is 1. The van der Waals surface area contributed by atoms with Crippen LogP contribution in [-0.4, -0.2) is 101 Å².